The third-order valence-corrected chi connectivity index (χ3v) is 5.43. The quantitative estimate of drug-likeness (QED) is 0.852. The Morgan fingerprint density at radius 1 is 1.45 bits per heavy atom. The number of nitrogens with zero attached hydrogens (tertiary/aromatic N) is 2. The number of hydrogen-bond donors (Lipinski definition) is 0. The van der Waals surface area contributed by atoms with E-state index in [1.54, 1.807) is 11.8 Å². The van der Waals surface area contributed by atoms with Gasteiger partial charge in [-0.25, -0.2) is 4.98 Å². The number of ether oxygens (including phenoxy) is 1. The molecule has 122 valence electrons. The molecule has 5 nitrogen and oxygen atoms in total. The van der Waals surface area contributed by atoms with Crippen LogP contribution in [0.1, 0.15) is 50.0 Å². The van der Waals surface area contributed by atoms with E-state index in [0.29, 0.717) is 12.5 Å². The molecule has 1 amide bonds. The number of rotatable bonds is 4. The molecule has 0 bridgehead atoms. The van der Waals surface area contributed by atoms with E-state index in [2.05, 4.69) is 11.9 Å². The summed E-state index contributed by atoms with van der Waals surface area (Å²) in [6.07, 6.45) is 2.74. The highest BCUT2D eigenvalue weighted by atomic mass is 32.2. The topological polar surface area (TPSA) is 55.6 Å². The van der Waals surface area contributed by atoms with Gasteiger partial charge in [0, 0.05) is 32.1 Å². The number of hydrogen-bond acceptors (Lipinski definition) is 5. The van der Waals surface area contributed by atoms with Crippen LogP contribution in [0, 0.1) is 0 Å². The molecule has 1 unspecified atom stereocenters. The second-order valence-electron chi connectivity index (χ2n) is 5.92. The van der Waals surface area contributed by atoms with Crippen molar-refractivity contribution in [2.75, 3.05) is 25.5 Å². The standard InChI is InChI=1S/C16H24N2O3S/c1-3-22-11(2)16(19)18-7-4-14-13(10-18)17-15(21-14)12-5-8-20-9-6-12/h11-12H,3-10H2,1-2H3. The lowest BCUT2D eigenvalue weighted by Crippen LogP contribution is -2.40. The summed E-state index contributed by atoms with van der Waals surface area (Å²) < 4.78 is 11.4. The lowest BCUT2D eigenvalue weighted by atomic mass is 10.0. The molecule has 0 N–H and O–H groups in total. The maximum atomic E-state index is 12.4. The minimum atomic E-state index is 0.0217. The smallest absolute Gasteiger partial charge is 0.235 e. The molecular formula is C16H24N2O3S. The van der Waals surface area contributed by atoms with Gasteiger partial charge in [-0.3, -0.25) is 4.79 Å². The minimum Gasteiger partial charge on any atom is -0.445 e. The molecule has 22 heavy (non-hydrogen) atoms. The van der Waals surface area contributed by atoms with Gasteiger partial charge in [0.05, 0.1) is 11.8 Å². The van der Waals surface area contributed by atoms with Gasteiger partial charge in [-0.1, -0.05) is 6.92 Å². The average Bonchev–Trinajstić information content (AvgIpc) is 2.98. The van der Waals surface area contributed by atoms with Crippen molar-refractivity contribution in [1.82, 2.24) is 9.88 Å². The fraction of sp³-hybridized carbons (Fsp3) is 0.750. The highest BCUT2D eigenvalue weighted by Gasteiger charge is 2.30. The lowest BCUT2D eigenvalue weighted by Gasteiger charge is -2.27. The Kier molecular flexibility index (Phi) is 5.08. The molecule has 3 rings (SSSR count). The summed E-state index contributed by atoms with van der Waals surface area (Å²) >= 11 is 1.69. The van der Waals surface area contributed by atoms with E-state index in [9.17, 15) is 4.79 Å². The van der Waals surface area contributed by atoms with Crippen LogP contribution < -0.4 is 0 Å². The van der Waals surface area contributed by atoms with Crippen molar-refractivity contribution in [3.05, 3.63) is 17.3 Å². The zero-order valence-corrected chi connectivity index (χ0v) is 14.2. The zero-order chi connectivity index (χ0) is 15.5. The summed E-state index contributed by atoms with van der Waals surface area (Å²) in [5, 5.41) is 0.0217. The molecular weight excluding hydrogens is 300 g/mol. The van der Waals surface area contributed by atoms with E-state index >= 15 is 0 Å². The van der Waals surface area contributed by atoms with Crippen molar-refractivity contribution in [3.8, 4) is 0 Å². The van der Waals surface area contributed by atoms with Crippen LogP contribution in [0.2, 0.25) is 0 Å². The molecule has 0 spiro atoms. The van der Waals surface area contributed by atoms with Crippen molar-refractivity contribution in [2.24, 2.45) is 0 Å². The van der Waals surface area contributed by atoms with Gasteiger partial charge in [0.2, 0.25) is 5.91 Å². The van der Waals surface area contributed by atoms with Crippen molar-refractivity contribution in [3.63, 3.8) is 0 Å². The van der Waals surface area contributed by atoms with Crippen molar-refractivity contribution < 1.29 is 13.9 Å². The van der Waals surface area contributed by atoms with E-state index in [4.69, 9.17) is 9.15 Å². The largest absolute Gasteiger partial charge is 0.445 e. The molecule has 1 saturated heterocycles. The maximum absolute atomic E-state index is 12.4. The Balaban J connectivity index is 1.67. The predicted molar refractivity (Wildman–Crippen MR) is 86.0 cm³/mol. The monoisotopic (exact) mass is 324 g/mol. The van der Waals surface area contributed by atoms with E-state index in [-0.39, 0.29) is 11.2 Å². The number of carbonyl (C=O) groups excluding carboxylic acids is 1. The van der Waals surface area contributed by atoms with Crippen molar-refractivity contribution >= 4 is 17.7 Å². The number of carbonyl (C=O) groups is 1. The van der Waals surface area contributed by atoms with Gasteiger partial charge in [-0.2, -0.15) is 0 Å². The number of aromatic nitrogens is 1. The van der Waals surface area contributed by atoms with Gasteiger partial charge in [-0.15, -0.1) is 11.8 Å². The fourth-order valence-electron chi connectivity index (χ4n) is 3.10. The number of oxazole rings is 1. The Morgan fingerprint density at radius 2 is 2.23 bits per heavy atom. The first-order chi connectivity index (χ1) is 10.7. The van der Waals surface area contributed by atoms with Crippen LogP contribution >= 0.6 is 11.8 Å². The summed E-state index contributed by atoms with van der Waals surface area (Å²) in [5.41, 5.74) is 0.954. The minimum absolute atomic E-state index is 0.0217. The second-order valence-corrected chi connectivity index (χ2v) is 7.53. The highest BCUT2D eigenvalue weighted by Crippen LogP contribution is 2.30. The van der Waals surface area contributed by atoms with Gasteiger partial charge in [0.1, 0.15) is 11.5 Å². The van der Waals surface area contributed by atoms with Crippen molar-refractivity contribution in [2.45, 2.75) is 50.8 Å². The number of thioether (sulfide) groups is 1. The van der Waals surface area contributed by atoms with Crippen LogP contribution in [0.3, 0.4) is 0 Å². The Bertz CT molecular complexity index is 525. The molecule has 1 aromatic rings. The van der Waals surface area contributed by atoms with Gasteiger partial charge in [0.25, 0.3) is 0 Å². The third-order valence-electron chi connectivity index (χ3n) is 4.39. The van der Waals surface area contributed by atoms with Gasteiger partial charge < -0.3 is 14.1 Å². The fourth-order valence-corrected chi connectivity index (χ4v) is 3.90. The van der Waals surface area contributed by atoms with Crippen molar-refractivity contribution in [1.29, 1.82) is 0 Å². The summed E-state index contributed by atoms with van der Waals surface area (Å²) in [5.74, 6) is 3.37. The first-order valence-corrected chi connectivity index (χ1v) is 9.20. The first-order valence-electron chi connectivity index (χ1n) is 8.15. The van der Waals surface area contributed by atoms with Gasteiger partial charge in [0.15, 0.2) is 5.89 Å². The molecule has 1 fully saturated rings. The molecule has 6 heteroatoms. The summed E-state index contributed by atoms with van der Waals surface area (Å²) in [7, 11) is 0. The number of amides is 1. The third kappa shape index (κ3) is 3.33. The molecule has 0 aliphatic carbocycles. The Labute approximate surface area is 135 Å². The van der Waals surface area contributed by atoms with Crippen LogP contribution in [0.4, 0.5) is 0 Å². The molecule has 3 heterocycles. The normalized spacial score (nSPS) is 20.7. The van der Waals surface area contributed by atoms with Crippen LogP contribution in [0.15, 0.2) is 4.42 Å². The van der Waals surface area contributed by atoms with Crippen LogP contribution in [0.5, 0.6) is 0 Å². The summed E-state index contributed by atoms with van der Waals surface area (Å²) in [4.78, 5) is 19.0. The lowest BCUT2D eigenvalue weighted by molar-refractivity contribution is -0.131. The maximum Gasteiger partial charge on any atom is 0.235 e. The molecule has 1 atom stereocenters. The molecule has 0 aromatic carbocycles. The highest BCUT2D eigenvalue weighted by molar-refractivity contribution is 8.00. The van der Waals surface area contributed by atoms with E-state index in [1.807, 2.05) is 11.8 Å². The second kappa shape index (κ2) is 7.04. The summed E-state index contributed by atoms with van der Waals surface area (Å²) in [6.45, 7) is 6.98. The molecule has 0 radical (unpaired) electrons. The molecule has 2 aliphatic heterocycles. The predicted octanol–water partition coefficient (Wildman–Crippen LogP) is 2.59. The molecule has 0 saturated carbocycles. The average molecular weight is 324 g/mol. The van der Waals surface area contributed by atoms with Gasteiger partial charge in [-0.05, 0) is 25.5 Å². The van der Waals surface area contributed by atoms with Crippen LogP contribution in [-0.4, -0.2) is 46.6 Å². The first kappa shape index (κ1) is 15.9. The zero-order valence-electron chi connectivity index (χ0n) is 13.3. The van der Waals surface area contributed by atoms with Gasteiger partial charge >= 0.3 is 0 Å². The Morgan fingerprint density at radius 3 is 2.95 bits per heavy atom. The molecule has 2 aliphatic rings. The summed E-state index contributed by atoms with van der Waals surface area (Å²) in [6, 6.07) is 0. The van der Waals surface area contributed by atoms with Crippen LogP contribution in [0.25, 0.3) is 0 Å². The Hall–Kier alpha value is -1.01. The SMILES string of the molecule is CCSC(C)C(=O)N1CCc2oc(C3CCOCC3)nc2C1. The van der Waals surface area contributed by atoms with E-state index in [0.717, 1.165) is 62.1 Å². The van der Waals surface area contributed by atoms with E-state index in [1.165, 1.54) is 0 Å². The number of fused-ring (bicyclic) bond motifs is 1. The van der Waals surface area contributed by atoms with E-state index < -0.39 is 0 Å². The molecule has 1 aromatic heterocycles. The van der Waals surface area contributed by atoms with Crippen LogP contribution in [-0.2, 0) is 22.5 Å².